The summed E-state index contributed by atoms with van der Waals surface area (Å²) in [4.78, 5) is 26.9. The highest BCUT2D eigenvalue weighted by Gasteiger charge is 2.26. The van der Waals surface area contributed by atoms with Crippen molar-refractivity contribution in [2.75, 3.05) is 40.3 Å². The minimum absolute atomic E-state index is 0.0226. The van der Waals surface area contributed by atoms with Crippen LogP contribution >= 0.6 is 0 Å². The summed E-state index contributed by atoms with van der Waals surface area (Å²) >= 11 is 0. The fourth-order valence-electron chi connectivity index (χ4n) is 2.17. The lowest BCUT2D eigenvalue weighted by atomic mass is 10.0. The Hall–Kier alpha value is -1.14. The number of nitrogens with two attached hydrogens (primary N) is 1. The molecule has 0 bridgehead atoms. The molecule has 0 aromatic carbocycles. The molecule has 1 rings (SSSR count). The monoisotopic (exact) mass is 256 g/mol. The van der Waals surface area contributed by atoms with E-state index >= 15 is 0 Å². The molecule has 6 nitrogen and oxygen atoms in total. The highest BCUT2D eigenvalue weighted by molar-refractivity contribution is 5.84. The largest absolute Gasteiger partial charge is 0.368 e. The molecule has 104 valence electrons. The lowest BCUT2D eigenvalue weighted by Gasteiger charge is -2.34. The molecule has 0 spiro atoms. The second kappa shape index (κ2) is 7.33. The van der Waals surface area contributed by atoms with E-state index in [2.05, 4.69) is 5.32 Å². The second-order valence-electron chi connectivity index (χ2n) is 5.02. The molecule has 1 fully saturated rings. The lowest BCUT2D eigenvalue weighted by Crippen LogP contribution is -2.49. The van der Waals surface area contributed by atoms with E-state index in [0.29, 0.717) is 13.0 Å². The highest BCUT2D eigenvalue weighted by Crippen LogP contribution is 2.13. The van der Waals surface area contributed by atoms with Crippen molar-refractivity contribution in [3.8, 4) is 0 Å². The van der Waals surface area contributed by atoms with Crippen molar-refractivity contribution in [1.82, 2.24) is 15.1 Å². The summed E-state index contributed by atoms with van der Waals surface area (Å²) in [6.07, 6.45) is 2.21. The van der Waals surface area contributed by atoms with Gasteiger partial charge in [-0.3, -0.25) is 9.59 Å². The van der Waals surface area contributed by atoms with E-state index in [9.17, 15) is 9.59 Å². The number of nitrogens with one attached hydrogen (secondary N) is 1. The molecule has 1 saturated heterocycles. The van der Waals surface area contributed by atoms with Crippen LogP contribution in [0.1, 0.15) is 19.3 Å². The van der Waals surface area contributed by atoms with E-state index in [4.69, 9.17) is 5.73 Å². The van der Waals surface area contributed by atoms with Crippen LogP contribution in [0.25, 0.3) is 0 Å². The van der Waals surface area contributed by atoms with Gasteiger partial charge in [0.2, 0.25) is 11.8 Å². The second-order valence-corrected chi connectivity index (χ2v) is 5.02. The minimum atomic E-state index is -0.438. The van der Waals surface area contributed by atoms with Crippen LogP contribution in [0.2, 0.25) is 0 Å². The zero-order valence-electron chi connectivity index (χ0n) is 11.3. The lowest BCUT2D eigenvalue weighted by molar-refractivity contribution is -0.138. The quantitative estimate of drug-likeness (QED) is 0.639. The Labute approximate surface area is 108 Å². The molecule has 18 heavy (non-hydrogen) atoms. The van der Waals surface area contributed by atoms with Gasteiger partial charge in [-0.15, -0.1) is 0 Å². The first-order chi connectivity index (χ1) is 8.50. The van der Waals surface area contributed by atoms with Gasteiger partial charge in [0.25, 0.3) is 0 Å². The number of hydrogen-bond acceptors (Lipinski definition) is 4. The maximum absolute atomic E-state index is 12.2. The van der Waals surface area contributed by atoms with E-state index in [1.54, 1.807) is 4.90 Å². The summed E-state index contributed by atoms with van der Waals surface area (Å²) in [5.41, 5.74) is 5.23. The number of rotatable bonds is 6. The maximum atomic E-state index is 12.2. The molecular formula is C12H24N4O2. The summed E-state index contributed by atoms with van der Waals surface area (Å²) in [5.74, 6) is -0.416. The van der Waals surface area contributed by atoms with Crippen LogP contribution in [-0.4, -0.2) is 67.9 Å². The summed E-state index contributed by atoms with van der Waals surface area (Å²) in [6.45, 7) is 2.51. The van der Waals surface area contributed by atoms with Crippen molar-refractivity contribution < 1.29 is 9.59 Å². The van der Waals surface area contributed by atoms with Crippen molar-refractivity contribution in [2.45, 2.75) is 25.3 Å². The Morgan fingerprint density at radius 3 is 2.39 bits per heavy atom. The molecule has 6 heteroatoms. The molecular weight excluding hydrogens is 232 g/mol. The maximum Gasteiger partial charge on any atom is 0.237 e. The molecule has 3 N–H and O–H groups in total. The molecule has 0 aromatic heterocycles. The Morgan fingerprint density at radius 2 is 1.89 bits per heavy atom. The van der Waals surface area contributed by atoms with Crippen molar-refractivity contribution >= 4 is 11.8 Å². The minimum Gasteiger partial charge on any atom is -0.368 e. The molecule has 0 aromatic rings. The molecule has 0 atom stereocenters. The number of carbonyl (C=O) groups is 2. The van der Waals surface area contributed by atoms with Gasteiger partial charge >= 0.3 is 0 Å². The number of carbonyl (C=O) groups excluding carboxylic acids is 2. The summed E-state index contributed by atoms with van der Waals surface area (Å²) < 4.78 is 0. The van der Waals surface area contributed by atoms with E-state index < -0.39 is 5.91 Å². The first-order valence-corrected chi connectivity index (χ1v) is 6.44. The molecule has 0 radical (unpaired) electrons. The molecule has 0 unspecified atom stereocenters. The predicted molar refractivity (Wildman–Crippen MR) is 70.0 cm³/mol. The SMILES string of the molecule is CN(C)CCC(=O)N(CC(N)=O)C1CCNCC1. The van der Waals surface area contributed by atoms with Gasteiger partial charge in [0, 0.05) is 19.0 Å². The third-order valence-electron chi connectivity index (χ3n) is 3.17. The molecule has 1 aliphatic rings. The molecule has 2 amide bonds. The van der Waals surface area contributed by atoms with E-state index in [1.807, 2.05) is 19.0 Å². The normalized spacial score (nSPS) is 16.8. The van der Waals surface area contributed by atoms with Crippen LogP contribution < -0.4 is 11.1 Å². The first kappa shape index (κ1) is 14.9. The average Bonchev–Trinajstić information content (AvgIpc) is 2.34. The Kier molecular flexibility index (Phi) is 6.07. The zero-order chi connectivity index (χ0) is 13.5. The Bertz CT molecular complexity index is 288. The molecule has 1 heterocycles. The van der Waals surface area contributed by atoms with Crippen molar-refractivity contribution in [2.24, 2.45) is 5.73 Å². The van der Waals surface area contributed by atoms with Crippen molar-refractivity contribution in [3.63, 3.8) is 0 Å². The van der Waals surface area contributed by atoms with E-state index in [-0.39, 0.29) is 18.5 Å². The third-order valence-corrected chi connectivity index (χ3v) is 3.17. The Balaban J connectivity index is 2.58. The van der Waals surface area contributed by atoms with Crippen LogP contribution in [0.4, 0.5) is 0 Å². The van der Waals surface area contributed by atoms with E-state index in [1.165, 1.54) is 0 Å². The molecule has 0 aliphatic carbocycles. The fourth-order valence-corrected chi connectivity index (χ4v) is 2.17. The summed E-state index contributed by atoms with van der Waals surface area (Å²) in [7, 11) is 3.85. The average molecular weight is 256 g/mol. The van der Waals surface area contributed by atoms with Gasteiger partial charge in [0.05, 0.1) is 6.54 Å². The van der Waals surface area contributed by atoms with Crippen molar-refractivity contribution in [3.05, 3.63) is 0 Å². The topological polar surface area (TPSA) is 78.7 Å². The molecule has 0 saturated carbocycles. The van der Waals surface area contributed by atoms with Gasteiger partial charge < -0.3 is 20.9 Å². The van der Waals surface area contributed by atoms with Crippen LogP contribution in [0.15, 0.2) is 0 Å². The number of nitrogens with zero attached hydrogens (tertiary/aromatic N) is 2. The van der Waals surface area contributed by atoms with Crippen LogP contribution in [-0.2, 0) is 9.59 Å². The zero-order valence-corrected chi connectivity index (χ0v) is 11.3. The number of amides is 2. The summed E-state index contributed by atoms with van der Waals surface area (Å²) in [6, 6.07) is 0.147. The van der Waals surface area contributed by atoms with Crippen LogP contribution in [0.3, 0.4) is 0 Å². The smallest absolute Gasteiger partial charge is 0.237 e. The first-order valence-electron chi connectivity index (χ1n) is 6.44. The van der Waals surface area contributed by atoms with Gasteiger partial charge in [-0.2, -0.15) is 0 Å². The van der Waals surface area contributed by atoms with Crippen molar-refractivity contribution in [1.29, 1.82) is 0 Å². The van der Waals surface area contributed by atoms with Gasteiger partial charge in [0.15, 0.2) is 0 Å². The number of hydrogen-bond donors (Lipinski definition) is 2. The van der Waals surface area contributed by atoms with Crippen LogP contribution in [0.5, 0.6) is 0 Å². The predicted octanol–water partition coefficient (Wildman–Crippen LogP) is -0.996. The van der Waals surface area contributed by atoms with Gasteiger partial charge in [-0.05, 0) is 40.0 Å². The fraction of sp³-hybridized carbons (Fsp3) is 0.833. The van der Waals surface area contributed by atoms with E-state index in [0.717, 1.165) is 25.9 Å². The standard InChI is InChI=1S/C12H24N4O2/c1-15(2)8-5-12(18)16(9-11(13)17)10-3-6-14-7-4-10/h10,14H,3-9H2,1-2H3,(H2,13,17). The van der Waals surface area contributed by atoms with Gasteiger partial charge in [-0.1, -0.05) is 0 Å². The van der Waals surface area contributed by atoms with Gasteiger partial charge in [0.1, 0.15) is 0 Å². The van der Waals surface area contributed by atoms with Gasteiger partial charge in [-0.25, -0.2) is 0 Å². The Morgan fingerprint density at radius 1 is 1.28 bits per heavy atom. The number of primary amides is 1. The van der Waals surface area contributed by atoms with Crippen LogP contribution in [0, 0.1) is 0 Å². The summed E-state index contributed by atoms with van der Waals surface area (Å²) in [5, 5.41) is 3.25. The molecule has 1 aliphatic heterocycles. The third kappa shape index (κ3) is 5.01. The highest BCUT2D eigenvalue weighted by atomic mass is 16.2. The number of piperidine rings is 1.